The molecule has 2 atom stereocenters. The molecule has 0 aromatic heterocycles. The predicted octanol–water partition coefficient (Wildman–Crippen LogP) is 10.0. The first-order chi connectivity index (χ1) is 27.4. The van der Waals surface area contributed by atoms with Gasteiger partial charge in [-0.3, -0.25) is 14.4 Å². The van der Waals surface area contributed by atoms with E-state index in [0.717, 1.165) is 43.2 Å². The fraction of sp³-hybridized carbons (Fsp3) is 0.438. The molecule has 0 radical (unpaired) electrons. The molecule has 11 heteroatoms. The van der Waals surface area contributed by atoms with Crippen molar-refractivity contribution in [1.82, 2.24) is 9.80 Å². The van der Waals surface area contributed by atoms with Crippen molar-refractivity contribution < 1.29 is 43.7 Å². The first kappa shape index (κ1) is 49.4. The molecule has 0 spiro atoms. The smallest absolute Gasteiger partial charge is 0.410 e. The van der Waals surface area contributed by atoms with Crippen LogP contribution in [0, 0.1) is 10.8 Å². The number of carbonyl (C=O) groups is 5. The van der Waals surface area contributed by atoms with Crippen molar-refractivity contribution in [3.63, 3.8) is 0 Å². The van der Waals surface area contributed by atoms with E-state index in [-0.39, 0.29) is 23.7 Å². The Bertz CT molecular complexity index is 1960. The SMILES string of the molecule is CC1=C(/C=C/C(C)=C/C=C/C(C)=C/C=C/C=C(C)/C=C/C=C(C)/C=C/C2=C(C)C(=O)C(OC(=O)N(C)CC(=O)O)CC2(C)C)C(C)(C)CC(OC(=O)N(C)CC(=O)O)C1. The van der Waals surface area contributed by atoms with Gasteiger partial charge in [0, 0.05) is 26.9 Å². The Labute approximate surface area is 350 Å². The molecule has 2 aliphatic carbocycles. The van der Waals surface area contributed by atoms with Crippen molar-refractivity contribution in [2.45, 2.75) is 101 Å². The number of amides is 2. The van der Waals surface area contributed by atoms with Crippen LogP contribution in [0.4, 0.5) is 9.59 Å². The fourth-order valence-corrected chi connectivity index (χ4v) is 6.97. The summed E-state index contributed by atoms with van der Waals surface area (Å²) < 4.78 is 11.0. The van der Waals surface area contributed by atoms with Crippen LogP contribution in [-0.2, 0) is 23.9 Å². The monoisotopic (exact) mass is 812 g/mol. The van der Waals surface area contributed by atoms with Gasteiger partial charge in [-0.25, -0.2) is 9.59 Å². The van der Waals surface area contributed by atoms with E-state index in [4.69, 9.17) is 19.7 Å². The molecule has 2 N–H and O–H groups in total. The lowest BCUT2D eigenvalue weighted by molar-refractivity contribution is -0.138. The number of carboxylic acids is 2. The minimum Gasteiger partial charge on any atom is -0.480 e. The van der Waals surface area contributed by atoms with E-state index in [0.29, 0.717) is 18.4 Å². The van der Waals surface area contributed by atoms with Crippen molar-refractivity contribution in [2.75, 3.05) is 27.2 Å². The molecule has 2 aliphatic rings. The van der Waals surface area contributed by atoms with Crippen LogP contribution in [0.1, 0.15) is 88.5 Å². The quantitative estimate of drug-likeness (QED) is 0.145. The topological polar surface area (TPSA) is 151 Å². The van der Waals surface area contributed by atoms with Gasteiger partial charge < -0.3 is 29.5 Å². The van der Waals surface area contributed by atoms with Gasteiger partial charge in [-0.1, -0.05) is 141 Å². The van der Waals surface area contributed by atoms with Crippen LogP contribution in [-0.4, -0.2) is 89.3 Å². The molecule has 0 saturated heterocycles. The lowest BCUT2D eigenvalue weighted by atomic mass is 9.71. The largest absolute Gasteiger partial charge is 0.480 e. The van der Waals surface area contributed by atoms with Gasteiger partial charge in [-0.15, -0.1) is 0 Å². The molecule has 0 aromatic rings. The van der Waals surface area contributed by atoms with Gasteiger partial charge in [0.1, 0.15) is 19.2 Å². The number of carboxylic acid groups (broad SMARTS) is 2. The Kier molecular flexibility index (Phi) is 18.8. The van der Waals surface area contributed by atoms with Gasteiger partial charge in [0.05, 0.1) is 0 Å². The van der Waals surface area contributed by atoms with Crippen molar-refractivity contribution in [2.24, 2.45) is 10.8 Å². The van der Waals surface area contributed by atoms with E-state index in [9.17, 15) is 24.0 Å². The summed E-state index contributed by atoms with van der Waals surface area (Å²) in [5, 5.41) is 17.9. The zero-order valence-electron chi connectivity index (χ0n) is 36.9. The van der Waals surface area contributed by atoms with Gasteiger partial charge in [0.25, 0.3) is 0 Å². The molecule has 2 unspecified atom stereocenters. The van der Waals surface area contributed by atoms with E-state index in [1.54, 1.807) is 6.92 Å². The van der Waals surface area contributed by atoms with Crippen LogP contribution < -0.4 is 0 Å². The van der Waals surface area contributed by atoms with Crippen LogP contribution in [0.15, 0.2) is 130 Å². The van der Waals surface area contributed by atoms with Crippen LogP contribution in [0.5, 0.6) is 0 Å². The number of hydrogen-bond acceptors (Lipinski definition) is 7. The minimum absolute atomic E-state index is 0.221. The number of nitrogens with zero attached hydrogens (tertiary/aromatic N) is 2. The Morgan fingerprint density at radius 2 is 1.05 bits per heavy atom. The van der Waals surface area contributed by atoms with E-state index < -0.39 is 48.7 Å². The second-order valence-corrected chi connectivity index (χ2v) is 16.8. The zero-order valence-corrected chi connectivity index (χ0v) is 36.9. The third-order valence-electron chi connectivity index (χ3n) is 10.1. The molecule has 0 saturated carbocycles. The number of aliphatic carboxylic acids is 2. The summed E-state index contributed by atoms with van der Waals surface area (Å²) in [7, 11) is 2.74. The molecule has 59 heavy (non-hydrogen) atoms. The van der Waals surface area contributed by atoms with Gasteiger partial charge in [0.15, 0.2) is 11.9 Å². The summed E-state index contributed by atoms with van der Waals surface area (Å²) in [6.45, 7) is 19.2. The van der Waals surface area contributed by atoms with E-state index in [1.807, 2.05) is 115 Å². The second kappa shape index (κ2) is 22.4. The zero-order chi connectivity index (χ0) is 44.7. The van der Waals surface area contributed by atoms with Crippen molar-refractivity contribution in [3.05, 3.63) is 130 Å². The molecule has 0 heterocycles. The highest BCUT2D eigenvalue weighted by molar-refractivity contribution is 6.01. The Hall–Kier alpha value is -5.71. The van der Waals surface area contributed by atoms with Crippen LogP contribution in [0.3, 0.4) is 0 Å². The van der Waals surface area contributed by atoms with Gasteiger partial charge in [-0.05, 0) is 75.5 Å². The Balaban J connectivity index is 1.96. The maximum atomic E-state index is 13.1. The summed E-state index contributed by atoms with van der Waals surface area (Å²) >= 11 is 0. The number of Topliss-reactive ketones (excluding diaryl/α,β-unsaturated/α-hetero) is 1. The molecule has 0 fully saturated rings. The van der Waals surface area contributed by atoms with Gasteiger partial charge >= 0.3 is 24.1 Å². The third-order valence-corrected chi connectivity index (χ3v) is 10.1. The number of carbonyl (C=O) groups excluding carboxylic acids is 3. The summed E-state index contributed by atoms with van der Waals surface area (Å²) in [4.78, 5) is 61.7. The van der Waals surface area contributed by atoms with E-state index in [1.165, 1.54) is 19.7 Å². The molecule has 0 bridgehead atoms. The molecular weight excluding hydrogens is 749 g/mol. The molecule has 2 rings (SSSR count). The number of allylic oxidation sites excluding steroid dienone is 20. The number of ketones is 1. The first-order valence-electron chi connectivity index (χ1n) is 19.7. The average molecular weight is 813 g/mol. The van der Waals surface area contributed by atoms with Crippen LogP contribution in [0.25, 0.3) is 0 Å². The summed E-state index contributed by atoms with van der Waals surface area (Å²) in [5.74, 6) is -2.53. The summed E-state index contributed by atoms with van der Waals surface area (Å²) in [6, 6.07) is 0. The number of rotatable bonds is 16. The first-order valence-corrected chi connectivity index (χ1v) is 19.7. The Morgan fingerprint density at radius 3 is 1.51 bits per heavy atom. The molecule has 11 nitrogen and oxygen atoms in total. The minimum atomic E-state index is -1.17. The number of ether oxygens (including phenoxy) is 2. The fourth-order valence-electron chi connectivity index (χ4n) is 6.97. The lowest BCUT2D eigenvalue weighted by Gasteiger charge is -2.37. The molecule has 0 aromatic carbocycles. The molecule has 320 valence electrons. The van der Waals surface area contributed by atoms with Gasteiger partial charge in [0.2, 0.25) is 0 Å². The number of hydrogen-bond donors (Lipinski definition) is 2. The van der Waals surface area contributed by atoms with Crippen molar-refractivity contribution >= 4 is 29.9 Å². The van der Waals surface area contributed by atoms with Gasteiger partial charge in [-0.2, -0.15) is 0 Å². The highest BCUT2D eigenvalue weighted by atomic mass is 16.6. The van der Waals surface area contributed by atoms with E-state index in [2.05, 4.69) is 32.1 Å². The number of likely N-dealkylation sites (N-methyl/N-ethyl adjacent to an activating group) is 2. The van der Waals surface area contributed by atoms with Crippen molar-refractivity contribution in [3.8, 4) is 0 Å². The lowest BCUT2D eigenvalue weighted by Crippen LogP contribution is -2.42. The maximum Gasteiger partial charge on any atom is 0.410 e. The highest BCUT2D eigenvalue weighted by Gasteiger charge is 2.40. The maximum absolute atomic E-state index is 13.1. The predicted molar refractivity (Wildman–Crippen MR) is 234 cm³/mol. The summed E-state index contributed by atoms with van der Waals surface area (Å²) in [5.41, 5.74) is 7.30. The van der Waals surface area contributed by atoms with Crippen molar-refractivity contribution in [1.29, 1.82) is 0 Å². The summed E-state index contributed by atoms with van der Waals surface area (Å²) in [6.07, 6.45) is 27.1. The van der Waals surface area contributed by atoms with Crippen LogP contribution >= 0.6 is 0 Å². The second-order valence-electron chi connectivity index (χ2n) is 16.8. The molecule has 2 amide bonds. The van der Waals surface area contributed by atoms with E-state index >= 15 is 0 Å². The molecule has 0 aliphatic heterocycles. The standard InChI is InChI=1S/C48H64N2O9/c1-32(19-15-21-34(3)23-25-39-36(5)27-38(28-47(39,7)8)58-45(56)49(11)30-42(51)52)17-13-14-18-33(2)20-16-22-35(4)24-26-40-37(6)44(55)41(29-48(40,9)10)59-46(57)50(12)31-43(53)54/h13-26,38,41H,27-31H2,1-12H3,(H,51,52)(H,53,54)/b14-13+,19-15+,20-16+,25-23+,26-24+,32-17+,33-18+,34-21+,35-22+. The third kappa shape index (κ3) is 16.6. The molecular formula is C48H64N2O9. The van der Waals surface area contributed by atoms with Crippen LogP contribution in [0.2, 0.25) is 0 Å². The average Bonchev–Trinajstić information content (AvgIpc) is 3.10. The Morgan fingerprint density at radius 1 is 0.644 bits per heavy atom. The normalized spacial score (nSPS) is 20.8. The highest BCUT2D eigenvalue weighted by Crippen LogP contribution is 2.43.